The first kappa shape index (κ1) is 66.0. The number of nitrogens with one attached hydrogen (secondary N) is 1. The van der Waals surface area contributed by atoms with Gasteiger partial charge >= 0.3 is 7.82 Å². The van der Waals surface area contributed by atoms with Crippen LogP contribution in [0.1, 0.15) is 290 Å². The number of hydrogen-bond acceptors (Lipinski definition) is 5. The molecule has 0 aromatic carbocycles. The molecule has 0 radical (unpaired) electrons. The smallest absolute Gasteiger partial charge is 0.391 e. The second-order valence-corrected chi connectivity index (χ2v) is 22.8. The number of aliphatic hydroxyl groups excluding tert-OH is 1. The van der Waals surface area contributed by atoms with Crippen LogP contribution in [0.25, 0.3) is 0 Å². The van der Waals surface area contributed by atoms with Gasteiger partial charge < -0.3 is 19.8 Å². The van der Waals surface area contributed by atoms with E-state index < -0.39 is 20.0 Å². The Bertz CT molecular complexity index is 1140. The summed E-state index contributed by atoms with van der Waals surface area (Å²) in [5.41, 5.74) is 0. The van der Waals surface area contributed by atoms with Crippen LogP contribution in [0.4, 0.5) is 0 Å². The molecule has 398 valence electrons. The zero-order chi connectivity index (χ0) is 49.2. The van der Waals surface area contributed by atoms with Gasteiger partial charge in [-0.15, -0.1) is 0 Å². The minimum atomic E-state index is -4.32. The fraction of sp³-hybridized carbons (Fsp3) is 0.914. The van der Waals surface area contributed by atoms with E-state index in [1.165, 1.54) is 218 Å². The van der Waals surface area contributed by atoms with Crippen LogP contribution in [0, 0.1) is 0 Å². The standard InChI is InChI=1S/C58H115N2O6P/c1-6-8-10-12-14-16-18-20-22-23-24-25-26-27-28-29-30-31-32-33-34-35-36-37-38-40-42-44-46-48-50-52-58(62)59-56(55-66-67(63,64)65-54-53-60(3,4)5)57(61)51-49-47-45-43-41-39-21-19-17-15-13-11-9-7-2/h24-25,27-28,56-57,61H,6-23,26,29-55H2,1-5H3,(H-,59,62,63,64)/p+1/b25-24-,28-27-. The lowest BCUT2D eigenvalue weighted by molar-refractivity contribution is -0.870. The molecule has 0 bridgehead atoms. The Kier molecular flexibility index (Phi) is 49.2. The number of hydrogen-bond donors (Lipinski definition) is 3. The predicted molar refractivity (Wildman–Crippen MR) is 291 cm³/mol. The van der Waals surface area contributed by atoms with Gasteiger partial charge in [0, 0.05) is 6.42 Å². The Morgan fingerprint density at radius 3 is 1.22 bits per heavy atom. The Hall–Kier alpha value is -1.02. The molecule has 0 saturated heterocycles. The van der Waals surface area contributed by atoms with E-state index in [-0.39, 0.29) is 19.1 Å². The van der Waals surface area contributed by atoms with E-state index in [1.54, 1.807) is 0 Å². The van der Waals surface area contributed by atoms with E-state index in [0.717, 1.165) is 44.9 Å². The van der Waals surface area contributed by atoms with E-state index in [4.69, 9.17) is 9.05 Å². The van der Waals surface area contributed by atoms with Gasteiger partial charge in [-0.25, -0.2) is 4.57 Å². The number of aliphatic hydroxyl groups is 1. The number of carbonyl (C=O) groups is 1. The Labute approximate surface area is 417 Å². The molecule has 3 N–H and O–H groups in total. The number of nitrogens with zero attached hydrogens (tertiary/aromatic N) is 1. The van der Waals surface area contributed by atoms with Gasteiger partial charge in [0.15, 0.2) is 0 Å². The molecule has 0 heterocycles. The summed E-state index contributed by atoms with van der Waals surface area (Å²) in [6.45, 7) is 4.92. The van der Waals surface area contributed by atoms with Crippen LogP contribution in [0.3, 0.4) is 0 Å². The van der Waals surface area contributed by atoms with Crippen LogP contribution in [0.15, 0.2) is 24.3 Å². The third-order valence-electron chi connectivity index (χ3n) is 13.5. The molecule has 0 aliphatic rings. The molecule has 0 aliphatic carbocycles. The van der Waals surface area contributed by atoms with E-state index in [9.17, 15) is 19.4 Å². The molecule has 8 nitrogen and oxygen atoms in total. The van der Waals surface area contributed by atoms with Crippen molar-refractivity contribution in [2.45, 2.75) is 302 Å². The predicted octanol–water partition coefficient (Wildman–Crippen LogP) is 17.6. The molecule has 0 aromatic rings. The number of unbranched alkanes of at least 4 members (excludes halogenated alkanes) is 37. The van der Waals surface area contributed by atoms with Crippen molar-refractivity contribution < 1.29 is 32.9 Å². The van der Waals surface area contributed by atoms with Gasteiger partial charge in [-0.05, 0) is 44.9 Å². The second kappa shape index (κ2) is 49.9. The first-order valence-electron chi connectivity index (χ1n) is 29.2. The molecule has 0 spiro atoms. The van der Waals surface area contributed by atoms with E-state index in [2.05, 4.69) is 43.5 Å². The minimum Gasteiger partial charge on any atom is -0.391 e. The van der Waals surface area contributed by atoms with Gasteiger partial charge in [0.05, 0.1) is 39.9 Å². The van der Waals surface area contributed by atoms with Crippen LogP contribution >= 0.6 is 7.82 Å². The number of rotatable bonds is 54. The normalized spacial score (nSPS) is 14.1. The van der Waals surface area contributed by atoms with Crippen molar-refractivity contribution in [1.29, 1.82) is 0 Å². The average Bonchev–Trinajstić information content (AvgIpc) is 3.29. The summed E-state index contributed by atoms with van der Waals surface area (Å²) in [5, 5.41) is 14.0. The molecule has 0 fully saturated rings. The summed E-state index contributed by atoms with van der Waals surface area (Å²) in [7, 11) is 1.63. The van der Waals surface area contributed by atoms with Crippen molar-refractivity contribution in [3.8, 4) is 0 Å². The molecule has 9 heteroatoms. The van der Waals surface area contributed by atoms with Crippen molar-refractivity contribution in [2.24, 2.45) is 0 Å². The minimum absolute atomic E-state index is 0.0764. The molecule has 3 atom stereocenters. The summed E-state index contributed by atoms with van der Waals surface area (Å²) < 4.78 is 23.7. The number of allylic oxidation sites excluding steroid dienone is 4. The highest BCUT2D eigenvalue weighted by Crippen LogP contribution is 2.43. The first-order chi connectivity index (χ1) is 32.5. The molecule has 0 rings (SSSR count). The third-order valence-corrected chi connectivity index (χ3v) is 14.4. The molecule has 67 heavy (non-hydrogen) atoms. The lowest BCUT2D eigenvalue weighted by Crippen LogP contribution is -2.46. The van der Waals surface area contributed by atoms with Gasteiger partial charge in [0.25, 0.3) is 0 Å². The lowest BCUT2D eigenvalue weighted by atomic mass is 10.0. The zero-order valence-electron chi connectivity index (χ0n) is 45.4. The Morgan fingerprint density at radius 1 is 0.507 bits per heavy atom. The summed E-state index contributed by atoms with van der Waals surface area (Å²) in [5.74, 6) is -0.141. The van der Waals surface area contributed by atoms with Gasteiger partial charge in [0.2, 0.25) is 5.91 Å². The van der Waals surface area contributed by atoms with Gasteiger partial charge in [-0.3, -0.25) is 13.8 Å². The van der Waals surface area contributed by atoms with E-state index in [1.807, 2.05) is 21.1 Å². The Balaban J connectivity index is 4.02. The lowest BCUT2D eigenvalue weighted by Gasteiger charge is -2.26. The number of phosphoric acid groups is 1. The van der Waals surface area contributed by atoms with Crippen LogP contribution in [-0.4, -0.2) is 73.4 Å². The molecular formula is C58H116N2O6P+. The van der Waals surface area contributed by atoms with Crippen molar-refractivity contribution in [1.82, 2.24) is 5.32 Å². The number of quaternary nitrogens is 1. The molecule has 0 aliphatic heterocycles. The summed E-state index contributed by atoms with van der Waals surface area (Å²) in [6.07, 6.45) is 62.4. The monoisotopic (exact) mass is 968 g/mol. The maximum absolute atomic E-state index is 13.0. The van der Waals surface area contributed by atoms with Crippen LogP contribution in [-0.2, 0) is 18.4 Å². The van der Waals surface area contributed by atoms with E-state index >= 15 is 0 Å². The third kappa shape index (κ3) is 52.6. The zero-order valence-corrected chi connectivity index (χ0v) is 46.3. The molecular weight excluding hydrogens is 852 g/mol. The summed E-state index contributed by atoms with van der Waals surface area (Å²) in [6, 6.07) is -0.758. The highest BCUT2D eigenvalue weighted by Gasteiger charge is 2.28. The van der Waals surface area contributed by atoms with Crippen LogP contribution in [0.5, 0.6) is 0 Å². The van der Waals surface area contributed by atoms with Gasteiger partial charge in [-0.2, -0.15) is 0 Å². The summed E-state index contributed by atoms with van der Waals surface area (Å²) >= 11 is 0. The molecule has 0 saturated carbocycles. The fourth-order valence-corrected chi connectivity index (χ4v) is 9.58. The highest BCUT2D eigenvalue weighted by molar-refractivity contribution is 7.47. The fourth-order valence-electron chi connectivity index (χ4n) is 8.84. The highest BCUT2D eigenvalue weighted by atomic mass is 31.2. The van der Waals surface area contributed by atoms with E-state index in [0.29, 0.717) is 23.9 Å². The van der Waals surface area contributed by atoms with Gasteiger partial charge in [-0.1, -0.05) is 263 Å². The second-order valence-electron chi connectivity index (χ2n) is 21.4. The topological polar surface area (TPSA) is 105 Å². The average molecular weight is 969 g/mol. The maximum Gasteiger partial charge on any atom is 0.472 e. The summed E-state index contributed by atoms with van der Waals surface area (Å²) in [4.78, 5) is 23.3. The molecule has 1 amide bonds. The Morgan fingerprint density at radius 2 is 0.851 bits per heavy atom. The van der Waals surface area contributed by atoms with Crippen molar-refractivity contribution in [3.63, 3.8) is 0 Å². The number of likely N-dealkylation sites (N-methyl/N-ethyl adjacent to an activating group) is 1. The van der Waals surface area contributed by atoms with Crippen molar-refractivity contribution >= 4 is 13.7 Å². The number of amides is 1. The number of carbonyl (C=O) groups excluding carboxylic acids is 1. The van der Waals surface area contributed by atoms with Crippen LogP contribution < -0.4 is 5.32 Å². The molecule has 3 unspecified atom stereocenters. The van der Waals surface area contributed by atoms with Crippen molar-refractivity contribution in [2.75, 3.05) is 40.9 Å². The largest absolute Gasteiger partial charge is 0.472 e. The first-order valence-corrected chi connectivity index (χ1v) is 30.7. The van der Waals surface area contributed by atoms with Gasteiger partial charge in [0.1, 0.15) is 13.2 Å². The maximum atomic E-state index is 13.0. The van der Waals surface area contributed by atoms with Crippen LogP contribution in [0.2, 0.25) is 0 Å². The SMILES string of the molecule is CCCCCCCCCCC/C=C\C/C=C\CCCCCCCCCCCCCCCCCC(=O)NC(COP(=O)(O)OCC[N+](C)(C)C)C(O)CCCCCCCCCCCCCCCC. The van der Waals surface area contributed by atoms with Crippen molar-refractivity contribution in [3.05, 3.63) is 24.3 Å². The molecule has 0 aromatic heterocycles. The number of phosphoric ester groups is 1. The quantitative estimate of drug-likeness (QED) is 0.0243.